The largest absolute Gasteiger partial charge is 0.300 e. The summed E-state index contributed by atoms with van der Waals surface area (Å²) in [4.78, 5) is 2.78. The predicted octanol–water partition coefficient (Wildman–Crippen LogP) is 4.47. The first-order valence-electron chi connectivity index (χ1n) is 7.81. The molecule has 0 N–H and O–H groups in total. The fourth-order valence-corrected chi connectivity index (χ4v) is 3.84. The molecular formula is C16H31N. The van der Waals surface area contributed by atoms with Crippen molar-refractivity contribution in [2.75, 3.05) is 13.1 Å². The number of hydrogen-bond donors (Lipinski definition) is 0. The fraction of sp³-hybridized carbons (Fsp3) is 1.00. The summed E-state index contributed by atoms with van der Waals surface area (Å²) in [5, 5.41) is 0. The molecule has 0 radical (unpaired) electrons. The Kier molecular flexibility index (Phi) is 4.52. The summed E-state index contributed by atoms with van der Waals surface area (Å²) in [7, 11) is 0. The quantitative estimate of drug-likeness (QED) is 0.601. The first kappa shape index (κ1) is 13.4. The highest BCUT2D eigenvalue weighted by molar-refractivity contribution is 4.82. The Balaban J connectivity index is 1.89. The van der Waals surface area contributed by atoms with Crippen LogP contribution in [0.5, 0.6) is 0 Å². The average Bonchev–Trinajstić information content (AvgIpc) is 2.69. The highest BCUT2D eigenvalue weighted by atomic mass is 15.2. The third kappa shape index (κ3) is 3.71. The van der Waals surface area contributed by atoms with Crippen molar-refractivity contribution in [3.63, 3.8) is 0 Å². The molecule has 2 atom stereocenters. The van der Waals surface area contributed by atoms with Crippen molar-refractivity contribution in [1.82, 2.24) is 4.90 Å². The van der Waals surface area contributed by atoms with E-state index in [-0.39, 0.29) is 0 Å². The molecule has 0 spiro atoms. The molecule has 0 aromatic rings. The van der Waals surface area contributed by atoms with Gasteiger partial charge in [0.25, 0.3) is 0 Å². The molecule has 0 aromatic heterocycles. The lowest BCUT2D eigenvalue weighted by Gasteiger charge is -2.33. The Hall–Kier alpha value is -0.0400. The van der Waals surface area contributed by atoms with Crippen molar-refractivity contribution >= 4 is 0 Å². The van der Waals surface area contributed by atoms with Crippen LogP contribution in [0, 0.1) is 11.3 Å². The molecule has 0 amide bonds. The lowest BCUT2D eigenvalue weighted by Crippen LogP contribution is -2.32. The summed E-state index contributed by atoms with van der Waals surface area (Å²) in [5.74, 6) is 0.946. The number of nitrogens with zero attached hydrogens (tertiary/aromatic N) is 1. The van der Waals surface area contributed by atoms with Crippen molar-refractivity contribution in [3.05, 3.63) is 0 Å². The van der Waals surface area contributed by atoms with Gasteiger partial charge in [-0.2, -0.15) is 0 Å². The Morgan fingerprint density at radius 1 is 0.765 bits per heavy atom. The van der Waals surface area contributed by atoms with Gasteiger partial charge in [-0.25, -0.2) is 0 Å². The summed E-state index contributed by atoms with van der Waals surface area (Å²) < 4.78 is 0. The molecule has 0 saturated carbocycles. The van der Waals surface area contributed by atoms with E-state index in [1.807, 2.05) is 0 Å². The molecule has 2 rings (SSSR count). The molecule has 0 aliphatic carbocycles. The van der Waals surface area contributed by atoms with Crippen LogP contribution in [0.25, 0.3) is 0 Å². The van der Waals surface area contributed by atoms with Crippen LogP contribution in [-0.2, 0) is 0 Å². The first-order chi connectivity index (χ1) is 8.07. The van der Waals surface area contributed by atoms with Gasteiger partial charge in [-0.3, -0.25) is 0 Å². The van der Waals surface area contributed by atoms with E-state index < -0.39 is 0 Å². The summed E-state index contributed by atoms with van der Waals surface area (Å²) in [6.07, 6.45) is 11.7. The molecule has 1 nitrogen and oxygen atoms in total. The minimum absolute atomic E-state index is 0.517. The topological polar surface area (TPSA) is 3.24 Å². The maximum atomic E-state index is 2.78. The van der Waals surface area contributed by atoms with Crippen LogP contribution in [0.3, 0.4) is 0 Å². The molecule has 17 heavy (non-hydrogen) atoms. The molecule has 0 bridgehead atoms. The Morgan fingerprint density at radius 2 is 1.29 bits per heavy atom. The second kappa shape index (κ2) is 5.73. The maximum Gasteiger partial charge on any atom is 0.00957 e. The van der Waals surface area contributed by atoms with Crippen LogP contribution in [-0.4, -0.2) is 24.0 Å². The predicted molar refractivity (Wildman–Crippen MR) is 75.2 cm³/mol. The molecule has 1 heteroatoms. The van der Waals surface area contributed by atoms with E-state index in [1.54, 1.807) is 0 Å². The monoisotopic (exact) mass is 237 g/mol. The van der Waals surface area contributed by atoms with Crippen molar-refractivity contribution < 1.29 is 0 Å². The highest BCUT2D eigenvalue weighted by Gasteiger charge is 2.28. The van der Waals surface area contributed by atoms with E-state index in [0.717, 1.165) is 12.0 Å². The Labute approximate surface area is 108 Å². The third-order valence-electron chi connectivity index (χ3n) is 5.06. The zero-order valence-electron chi connectivity index (χ0n) is 12.2. The molecule has 100 valence electrons. The Morgan fingerprint density at radius 3 is 2.00 bits per heavy atom. The second-order valence-corrected chi connectivity index (χ2v) is 7.32. The molecule has 2 heterocycles. The summed E-state index contributed by atoms with van der Waals surface area (Å²) in [5.41, 5.74) is 0.517. The molecule has 2 aliphatic rings. The van der Waals surface area contributed by atoms with E-state index in [9.17, 15) is 0 Å². The van der Waals surface area contributed by atoms with Gasteiger partial charge in [-0.05, 0) is 62.9 Å². The van der Waals surface area contributed by atoms with E-state index in [1.165, 1.54) is 64.5 Å². The van der Waals surface area contributed by atoms with Crippen LogP contribution >= 0.6 is 0 Å². The van der Waals surface area contributed by atoms with Gasteiger partial charge in [0, 0.05) is 6.04 Å². The normalized spacial score (nSPS) is 33.4. The minimum atomic E-state index is 0.517. The van der Waals surface area contributed by atoms with Gasteiger partial charge in [-0.1, -0.05) is 33.6 Å². The van der Waals surface area contributed by atoms with Crippen molar-refractivity contribution in [2.45, 2.75) is 78.2 Å². The van der Waals surface area contributed by atoms with Crippen LogP contribution in [0.2, 0.25) is 0 Å². The van der Waals surface area contributed by atoms with Gasteiger partial charge < -0.3 is 4.90 Å². The summed E-state index contributed by atoms with van der Waals surface area (Å²) in [6.45, 7) is 10.0. The van der Waals surface area contributed by atoms with Crippen molar-refractivity contribution in [2.24, 2.45) is 11.3 Å². The van der Waals surface area contributed by atoms with Crippen LogP contribution in [0.4, 0.5) is 0 Å². The van der Waals surface area contributed by atoms with Crippen LogP contribution in [0.15, 0.2) is 0 Å². The van der Waals surface area contributed by atoms with E-state index >= 15 is 0 Å². The number of rotatable bonds is 0. The minimum Gasteiger partial charge on any atom is -0.300 e. The SMILES string of the molecule is CC(C)(C)C1CCCCC2CCCN2CCC1. The second-order valence-electron chi connectivity index (χ2n) is 7.32. The summed E-state index contributed by atoms with van der Waals surface area (Å²) >= 11 is 0. The van der Waals surface area contributed by atoms with E-state index in [2.05, 4.69) is 25.7 Å². The van der Waals surface area contributed by atoms with Crippen molar-refractivity contribution in [1.29, 1.82) is 0 Å². The zero-order valence-corrected chi connectivity index (χ0v) is 12.2. The van der Waals surface area contributed by atoms with Crippen LogP contribution < -0.4 is 0 Å². The molecule has 0 aromatic carbocycles. The van der Waals surface area contributed by atoms with Gasteiger partial charge in [0.05, 0.1) is 0 Å². The molecule has 2 fully saturated rings. The van der Waals surface area contributed by atoms with Crippen molar-refractivity contribution in [3.8, 4) is 0 Å². The maximum absolute atomic E-state index is 2.78. The van der Waals surface area contributed by atoms with Gasteiger partial charge >= 0.3 is 0 Å². The molecule has 2 saturated heterocycles. The van der Waals surface area contributed by atoms with Gasteiger partial charge in [0.15, 0.2) is 0 Å². The summed E-state index contributed by atoms with van der Waals surface area (Å²) in [6, 6.07) is 0.946. The van der Waals surface area contributed by atoms with Gasteiger partial charge in [-0.15, -0.1) is 0 Å². The zero-order chi connectivity index (χ0) is 12.3. The van der Waals surface area contributed by atoms with E-state index in [0.29, 0.717) is 5.41 Å². The molecular weight excluding hydrogens is 206 g/mol. The van der Waals surface area contributed by atoms with E-state index in [4.69, 9.17) is 0 Å². The van der Waals surface area contributed by atoms with Gasteiger partial charge in [0.1, 0.15) is 0 Å². The number of hydrogen-bond acceptors (Lipinski definition) is 1. The molecule has 2 unspecified atom stereocenters. The lowest BCUT2D eigenvalue weighted by molar-refractivity contribution is 0.166. The fourth-order valence-electron chi connectivity index (χ4n) is 3.84. The van der Waals surface area contributed by atoms with Gasteiger partial charge in [0.2, 0.25) is 0 Å². The highest BCUT2D eigenvalue weighted by Crippen LogP contribution is 2.35. The average molecular weight is 237 g/mol. The first-order valence-corrected chi connectivity index (χ1v) is 7.81. The molecule has 2 aliphatic heterocycles. The lowest BCUT2D eigenvalue weighted by atomic mass is 9.75. The smallest absolute Gasteiger partial charge is 0.00957 e. The third-order valence-corrected chi connectivity index (χ3v) is 5.06. The number of fused-ring (bicyclic) bond motifs is 1. The van der Waals surface area contributed by atoms with Crippen LogP contribution in [0.1, 0.15) is 72.1 Å². The Bertz CT molecular complexity index is 228. The standard InChI is InChI=1S/C16H31N/c1-16(2,3)14-8-4-5-10-15-11-7-13-17(15)12-6-9-14/h14-15H,4-13H2,1-3H3.